The van der Waals surface area contributed by atoms with Gasteiger partial charge in [0.15, 0.2) is 5.69 Å². The first kappa shape index (κ1) is 16.3. The van der Waals surface area contributed by atoms with Crippen LogP contribution in [0.2, 0.25) is 0 Å². The molecular formula is C19H17FN4O2. The molecule has 7 heteroatoms. The van der Waals surface area contributed by atoms with E-state index in [-0.39, 0.29) is 23.1 Å². The Bertz CT molecular complexity index is 992. The number of carbonyl (C=O) groups excluding carboxylic acids is 2. The second-order valence-electron chi connectivity index (χ2n) is 6.17. The van der Waals surface area contributed by atoms with Gasteiger partial charge in [-0.15, -0.1) is 0 Å². The highest BCUT2D eigenvalue weighted by Crippen LogP contribution is 2.20. The molecule has 2 amide bonds. The molecule has 1 saturated heterocycles. The lowest BCUT2D eigenvalue weighted by Gasteiger charge is -2.13. The molecule has 132 valence electrons. The second kappa shape index (κ2) is 6.59. The van der Waals surface area contributed by atoms with E-state index in [0.29, 0.717) is 18.6 Å². The Hall–Kier alpha value is -3.22. The van der Waals surface area contributed by atoms with Crippen LogP contribution in [0.5, 0.6) is 0 Å². The van der Waals surface area contributed by atoms with Crippen molar-refractivity contribution in [3.05, 3.63) is 66.0 Å². The molecule has 4 rings (SSSR count). The zero-order valence-corrected chi connectivity index (χ0v) is 14.0. The summed E-state index contributed by atoms with van der Waals surface area (Å²) in [5, 5.41) is 2.52. The van der Waals surface area contributed by atoms with Crippen LogP contribution in [0.25, 0.3) is 5.52 Å². The minimum absolute atomic E-state index is 0.0476. The molecule has 6 nitrogen and oxygen atoms in total. The number of hydrogen-bond acceptors (Lipinski definition) is 3. The number of halogens is 1. The summed E-state index contributed by atoms with van der Waals surface area (Å²) in [4.78, 5) is 31.5. The van der Waals surface area contributed by atoms with Crippen molar-refractivity contribution in [1.29, 1.82) is 0 Å². The lowest BCUT2D eigenvalue weighted by Crippen LogP contribution is -2.28. The Balaban J connectivity index is 1.72. The molecule has 3 heterocycles. The minimum atomic E-state index is -0.572. The van der Waals surface area contributed by atoms with Crippen LogP contribution in [0.15, 0.2) is 48.7 Å². The zero-order chi connectivity index (χ0) is 18.1. The molecule has 3 aromatic rings. The molecule has 0 atom stereocenters. The number of fused-ring (bicyclic) bond motifs is 1. The van der Waals surface area contributed by atoms with Gasteiger partial charge in [0.1, 0.15) is 5.82 Å². The van der Waals surface area contributed by atoms with Crippen molar-refractivity contribution in [2.24, 2.45) is 0 Å². The molecular weight excluding hydrogens is 335 g/mol. The molecule has 1 aliphatic heterocycles. The zero-order valence-electron chi connectivity index (χ0n) is 14.0. The number of amides is 2. The highest BCUT2D eigenvalue weighted by atomic mass is 19.1. The SMILES string of the molecule is O=C(Nc1ccccc1F)c1nc(C(=O)N2CCCC2)c2ccccn12. The van der Waals surface area contributed by atoms with Gasteiger partial charge in [-0.1, -0.05) is 18.2 Å². The molecule has 0 radical (unpaired) electrons. The van der Waals surface area contributed by atoms with Crippen LogP contribution in [0.4, 0.5) is 10.1 Å². The summed E-state index contributed by atoms with van der Waals surface area (Å²) in [6.45, 7) is 1.39. The number of nitrogens with zero attached hydrogens (tertiary/aromatic N) is 3. The molecule has 0 unspecified atom stereocenters. The van der Waals surface area contributed by atoms with Gasteiger partial charge in [0.25, 0.3) is 11.8 Å². The molecule has 0 saturated carbocycles. The Morgan fingerprint density at radius 2 is 1.77 bits per heavy atom. The van der Waals surface area contributed by atoms with E-state index in [9.17, 15) is 14.0 Å². The van der Waals surface area contributed by atoms with Crippen LogP contribution in [-0.2, 0) is 0 Å². The monoisotopic (exact) mass is 352 g/mol. The van der Waals surface area contributed by atoms with Crippen LogP contribution < -0.4 is 5.32 Å². The van der Waals surface area contributed by atoms with Crippen molar-refractivity contribution < 1.29 is 14.0 Å². The predicted octanol–water partition coefficient (Wildman–Crippen LogP) is 2.96. The van der Waals surface area contributed by atoms with E-state index in [1.165, 1.54) is 12.1 Å². The summed E-state index contributed by atoms with van der Waals surface area (Å²) in [5.74, 6) is -1.24. The maximum Gasteiger partial charge on any atom is 0.292 e. The fraction of sp³-hybridized carbons (Fsp3) is 0.211. The third kappa shape index (κ3) is 2.81. The number of para-hydroxylation sites is 1. The van der Waals surface area contributed by atoms with Gasteiger partial charge in [-0.25, -0.2) is 9.37 Å². The number of hydrogen-bond donors (Lipinski definition) is 1. The third-order valence-electron chi connectivity index (χ3n) is 4.47. The van der Waals surface area contributed by atoms with E-state index in [2.05, 4.69) is 10.3 Å². The quantitative estimate of drug-likeness (QED) is 0.788. The number of pyridine rings is 1. The first-order valence-electron chi connectivity index (χ1n) is 8.47. The Morgan fingerprint density at radius 1 is 1.04 bits per heavy atom. The van der Waals surface area contributed by atoms with Gasteiger partial charge in [0.05, 0.1) is 11.2 Å². The van der Waals surface area contributed by atoms with Crippen molar-refractivity contribution in [3.8, 4) is 0 Å². The lowest BCUT2D eigenvalue weighted by molar-refractivity contribution is 0.0789. The molecule has 1 N–H and O–H groups in total. The van der Waals surface area contributed by atoms with E-state index < -0.39 is 11.7 Å². The maximum absolute atomic E-state index is 13.8. The summed E-state index contributed by atoms with van der Waals surface area (Å²) in [6, 6.07) is 11.2. The molecule has 1 aromatic carbocycles. The lowest BCUT2D eigenvalue weighted by atomic mass is 10.3. The number of imidazole rings is 1. The van der Waals surface area contributed by atoms with Crippen LogP contribution in [0, 0.1) is 5.82 Å². The second-order valence-corrected chi connectivity index (χ2v) is 6.17. The molecule has 2 aromatic heterocycles. The largest absolute Gasteiger partial charge is 0.337 e. The number of nitrogens with one attached hydrogen (secondary N) is 1. The average molecular weight is 352 g/mol. The van der Waals surface area contributed by atoms with Gasteiger partial charge >= 0.3 is 0 Å². The number of likely N-dealkylation sites (tertiary alicyclic amines) is 1. The highest BCUT2D eigenvalue weighted by molar-refractivity contribution is 6.06. The number of carbonyl (C=O) groups is 2. The van der Waals surface area contributed by atoms with Gasteiger partial charge in [0, 0.05) is 19.3 Å². The minimum Gasteiger partial charge on any atom is -0.337 e. The molecule has 0 bridgehead atoms. The van der Waals surface area contributed by atoms with Crippen LogP contribution >= 0.6 is 0 Å². The van der Waals surface area contributed by atoms with Gasteiger partial charge < -0.3 is 10.2 Å². The van der Waals surface area contributed by atoms with Crippen molar-refractivity contribution in [3.63, 3.8) is 0 Å². The normalized spacial score (nSPS) is 14.0. The number of benzene rings is 1. The summed E-state index contributed by atoms with van der Waals surface area (Å²) in [7, 11) is 0. The van der Waals surface area contributed by atoms with Gasteiger partial charge in [-0.05, 0) is 37.1 Å². The van der Waals surface area contributed by atoms with Crippen molar-refractivity contribution in [2.45, 2.75) is 12.8 Å². The van der Waals surface area contributed by atoms with E-state index in [1.54, 1.807) is 45.8 Å². The molecule has 1 fully saturated rings. The molecule has 26 heavy (non-hydrogen) atoms. The summed E-state index contributed by atoms with van der Waals surface area (Å²) in [5.41, 5.74) is 0.867. The Kier molecular flexibility index (Phi) is 4.12. The van der Waals surface area contributed by atoms with E-state index in [0.717, 1.165) is 12.8 Å². The highest BCUT2D eigenvalue weighted by Gasteiger charge is 2.26. The van der Waals surface area contributed by atoms with Crippen LogP contribution in [0.3, 0.4) is 0 Å². The molecule has 0 spiro atoms. The number of anilines is 1. The molecule has 0 aliphatic carbocycles. The van der Waals surface area contributed by atoms with Crippen LogP contribution in [-0.4, -0.2) is 39.2 Å². The first-order valence-corrected chi connectivity index (χ1v) is 8.47. The predicted molar refractivity (Wildman–Crippen MR) is 94.7 cm³/mol. The maximum atomic E-state index is 13.8. The van der Waals surface area contributed by atoms with Gasteiger partial charge in [-0.3, -0.25) is 14.0 Å². The Labute approximate surface area is 149 Å². The number of aromatic nitrogens is 2. The first-order chi connectivity index (χ1) is 12.6. The standard InChI is InChI=1S/C19H17FN4O2/c20-13-7-1-2-8-14(13)21-18(25)17-22-16(15-9-3-4-12-24(15)17)19(26)23-10-5-6-11-23/h1-4,7-9,12H,5-6,10-11H2,(H,21,25). The topological polar surface area (TPSA) is 66.7 Å². The van der Waals surface area contributed by atoms with Crippen molar-refractivity contribution >= 4 is 23.0 Å². The van der Waals surface area contributed by atoms with Crippen LogP contribution in [0.1, 0.15) is 33.9 Å². The third-order valence-corrected chi connectivity index (χ3v) is 4.47. The Morgan fingerprint density at radius 3 is 2.54 bits per heavy atom. The summed E-state index contributed by atoms with van der Waals surface area (Å²) < 4.78 is 15.4. The summed E-state index contributed by atoms with van der Waals surface area (Å²) >= 11 is 0. The van der Waals surface area contributed by atoms with Gasteiger partial charge in [-0.2, -0.15) is 0 Å². The van der Waals surface area contributed by atoms with Crippen molar-refractivity contribution in [1.82, 2.24) is 14.3 Å². The molecule has 1 aliphatic rings. The fourth-order valence-electron chi connectivity index (χ4n) is 3.17. The van der Waals surface area contributed by atoms with E-state index in [4.69, 9.17) is 0 Å². The number of rotatable bonds is 3. The summed E-state index contributed by atoms with van der Waals surface area (Å²) in [6.07, 6.45) is 3.61. The van der Waals surface area contributed by atoms with E-state index >= 15 is 0 Å². The van der Waals surface area contributed by atoms with Crippen molar-refractivity contribution in [2.75, 3.05) is 18.4 Å². The fourth-order valence-corrected chi connectivity index (χ4v) is 3.17. The van der Waals surface area contributed by atoms with Gasteiger partial charge in [0.2, 0.25) is 5.82 Å². The smallest absolute Gasteiger partial charge is 0.292 e. The average Bonchev–Trinajstić information content (AvgIpc) is 3.31. The van der Waals surface area contributed by atoms with E-state index in [1.807, 2.05) is 0 Å².